The Morgan fingerprint density at radius 1 is 1.38 bits per heavy atom. The van der Waals surface area contributed by atoms with Gasteiger partial charge in [0.2, 0.25) is 0 Å². The molecule has 0 aliphatic rings. The number of halogens is 1. The van der Waals surface area contributed by atoms with Crippen molar-refractivity contribution in [2.75, 3.05) is 0 Å². The second-order valence-electron chi connectivity index (χ2n) is 3.43. The fourth-order valence-electron chi connectivity index (χ4n) is 1.31. The summed E-state index contributed by atoms with van der Waals surface area (Å²) in [6.45, 7) is 4.37. The predicted molar refractivity (Wildman–Crippen MR) is 57.0 cm³/mol. The lowest BCUT2D eigenvalue weighted by atomic mass is 10.1. The van der Waals surface area contributed by atoms with Crippen LogP contribution in [0.5, 0.6) is 0 Å². The summed E-state index contributed by atoms with van der Waals surface area (Å²) >= 11 is 3.45. The van der Waals surface area contributed by atoms with E-state index in [0.29, 0.717) is 5.92 Å². The molecule has 2 nitrogen and oxygen atoms in total. The summed E-state index contributed by atoms with van der Waals surface area (Å²) in [5.41, 5.74) is 2.31. The third kappa shape index (κ3) is 1.48. The van der Waals surface area contributed by atoms with Gasteiger partial charge >= 0.3 is 0 Å². The lowest BCUT2D eigenvalue weighted by molar-refractivity contribution is 0.852. The smallest absolute Gasteiger partial charge is 0.137 e. The van der Waals surface area contributed by atoms with Crippen LogP contribution in [-0.4, -0.2) is 9.38 Å². The van der Waals surface area contributed by atoms with Crippen molar-refractivity contribution in [3.8, 4) is 0 Å². The van der Waals surface area contributed by atoms with E-state index in [1.807, 2.05) is 12.3 Å². The van der Waals surface area contributed by atoms with E-state index < -0.39 is 0 Å². The molecule has 0 aliphatic carbocycles. The number of imidazole rings is 1. The maximum Gasteiger partial charge on any atom is 0.137 e. The second-order valence-corrected chi connectivity index (χ2v) is 4.24. The van der Waals surface area contributed by atoms with Gasteiger partial charge in [-0.05, 0) is 33.5 Å². The Kier molecular flexibility index (Phi) is 2.12. The molecule has 3 heteroatoms. The summed E-state index contributed by atoms with van der Waals surface area (Å²) in [4.78, 5) is 4.23. The zero-order chi connectivity index (χ0) is 9.42. The van der Waals surface area contributed by atoms with E-state index in [1.54, 1.807) is 0 Å². The SMILES string of the molecule is CC(C)c1ccc2ncc(Br)n2c1. The minimum absolute atomic E-state index is 0.554. The minimum atomic E-state index is 0.554. The maximum atomic E-state index is 4.23. The number of fused-ring (bicyclic) bond motifs is 1. The monoisotopic (exact) mass is 238 g/mol. The number of nitrogens with zero attached hydrogens (tertiary/aromatic N) is 2. The molecule has 0 aliphatic heterocycles. The van der Waals surface area contributed by atoms with Crippen LogP contribution in [0.4, 0.5) is 0 Å². The highest BCUT2D eigenvalue weighted by Crippen LogP contribution is 2.18. The van der Waals surface area contributed by atoms with Crippen molar-refractivity contribution in [1.82, 2.24) is 9.38 Å². The van der Waals surface area contributed by atoms with Gasteiger partial charge in [0.05, 0.1) is 6.20 Å². The maximum absolute atomic E-state index is 4.23. The lowest BCUT2D eigenvalue weighted by Crippen LogP contribution is -1.92. The van der Waals surface area contributed by atoms with Crippen LogP contribution in [0.3, 0.4) is 0 Å². The average Bonchev–Trinajstić information content (AvgIpc) is 2.47. The number of rotatable bonds is 1. The largest absolute Gasteiger partial charge is 0.294 e. The van der Waals surface area contributed by atoms with E-state index in [0.717, 1.165) is 10.3 Å². The molecule has 0 atom stereocenters. The second kappa shape index (κ2) is 3.14. The van der Waals surface area contributed by atoms with Crippen molar-refractivity contribution >= 4 is 21.6 Å². The summed E-state index contributed by atoms with van der Waals surface area (Å²) in [7, 11) is 0. The zero-order valence-corrected chi connectivity index (χ0v) is 9.25. The quantitative estimate of drug-likeness (QED) is 0.746. The average molecular weight is 239 g/mol. The normalized spacial score (nSPS) is 11.4. The lowest BCUT2D eigenvalue weighted by Gasteiger charge is -2.05. The molecule has 2 aromatic rings. The van der Waals surface area contributed by atoms with Gasteiger partial charge in [-0.1, -0.05) is 19.9 Å². The van der Waals surface area contributed by atoms with Gasteiger partial charge in [-0.2, -0.15) is 0 Å². The van der Waals surface area contributed by atoms with Crippen LogP contribution in [0.2, 0.25) is 0 Å². The van der Waals surface area contributed by atoms with Gasteiger partial charge in [0.1, 0.15) is 10.3 Å². The molecule has 2 heterocycles. The van der Waals surface area contributed by atoms with E-state index >= 15 is 0 Å². The minimum Gasteiger partial charge on any atom is -0.294 e. The van der Waals surface area contributed by atoms with E-state index in [9.17, 15) is 0 Å². The van der Waals surface area contributed by atoms with Gasteiger partial charge in [0.15, 0.2) is 0 Å². The van der Waals surface area contributed by atoms with Crippen molar-refractivity contribution in [3.63, 3.8) is 0 Å². The van der Waals surface area contributed by atoms with Gasteiger partial charge in [-0.3, -0.25) is 4.40 Å². The van der Waals surface area contributed by atoms with E-state index in [1.165, 1.54) is 5.56 Å². The van der Waals surface area contributed by atoms with Crippen LogP contribution in [0, 0.1) is 0 Å². The van der Waals surface area contributed by atoms with Crippen LogP contribution < -0.4 is 0 Å². The Labute approximate surface area is 85.7 Å². The molecule has 0 fully saturated rings. The fourth-order valence-corrected chi connectivity index (χ4v) is 1.70. The first-order chi connectivity index (χ1) is 6.18. The van der Waals surface area contributed by atoms with Crippen molar-refractivity contribution in [3.05, 3.63) is 34.7 Å². The predicted octanol–water partition coefficient (Wildman–Crippen LogP) is 3.22. The zero-order valence-electron chi connectivity index (χ0n) is 7.66. The third-order valence-electron chi connectivity index (χ3n) is 2.15. The van der Waals surface area contributed by atoms with E-state index in [4.69, 9.17) is 0 Å². The Morgan fingerprint density at radius 2 is 2.15 bits per heavy atom. The molecule has 68 valence electrons. The van der Waals surface area contributed by atoms with Gasteiger partial charge in [0, 0.05) is 6.20 Å². The first-order valence-electron chi connectivity index (χ1n) is 4.31. The molecule has 0 aromatic carbocycles. The molecule has 0 radical (unpaired) electrons. The van der Waals surface area contributed by atoms with Crippen LogP contribution >= 0.6 is 15.9 Å². The number of pyridine rings is 1. The summed E-state index contributed by atoms with van der Waals surface area (Å²) in [5, 5.41) is 0. The first-order valence-corrected chi connectivity index (χ1v) is 5.10. The molecule has 0 saturated heterocycles. The Morgan fingerprint density at radius 3 is 2.85 bits per heavy atom. The van der Waals surface area contributed by atoms with Crippen LogP contribution in [0.25, 0.3) is 5.65 Å². The molecule has 2 rings (SSSR count). The van der Waals surface area contributed by atoms with Crippen molar-refractivity contribution in [1.29, 1.82) is 0 Å². The molecular weight excluding hydrogens is 228 g/mol. The highest BCUT2D eigenvalue weighted by atomic mass is 79.9. The van der Waals surface area contributed by atoms with Gasteiger partial charge in [-0.15, -0.1) is 0 Å². The van der Waals surface area contributed by atoms with Crippen LogP contribution in [0.1, 0.15) is 25.3 Å². The van der Waals surface area contributed by atoms with Gasteiger partial charge < -0.3 is 0 Å². The van der Waals surface area contributed by atoms with Gasteiger partial charge in [-0.25, -0.2) is 4.98 Å². The van der Waals surface area contributed by atoms with E-state index in [-0.39, 0.29) is 0 Å². The van der Waals surface area contributed by atoms with Crippen molar-refractivity contribution in [2.24, 2.45) is 0 Å². The topological polar surface area (TPSA) is 17.3 Å². The number of hydrogen-bond donors (Lipinski definition) is 0. The van der Waals surface area contributed by atoms with Crippen molar-refractivity contribution in [2.45, 2.75) is 19.8 Å². The molecule has 0 unspecified atom stereocenters. The Bertz CT molecular complexity index is 431. The molecule has 0 bridgehead atoms. The summed E-state index contributed by atoms with van der Waals surface area (Å²) in [6, 6.07) is 4.17. The molecule has 2 aromatic heterocycles. The molecule has 0 spiro atoms. The van der Waals surface area contributed by atoms with Crippen LogP contribution in [-0.2, 0) is 0 Å². The highest BCUT2D eigenvalue weighted by molar-refractivity contribution is 9.10. The fraction of sp³-hybridized carbons (Fsp3) is 0.300. The van der Waals surface area contributed by atoms with E-state index in [2.05, 4.69) is 51.4 Å². The number of hydrogen-bond acceptors (Lipinski definition) is 1. The summed E-state index contributed by atoms with van der Waals surface area (Å²) in [5.74, 6) is 0.554. The van der Waals surface area contributed by atoms with Gasteiger partial charge in [0.25, 0.3) is 0 Å². The molecule has 0 N–H and O–H groups in total. The standard InChI is InChI=1S/C10H11BrN2/c1-7(2)8-3-4-10-12-5-9(11)13(10)6-8/h3-7H,1-2H3. The van der Waals surface area contributed by atoms with Crippen LogP contribution in [0.15, 0.2) is 29.1 Å². The summed E-state index contributed by atoms with van der Waals surface area (Å²) < 4.78 is 3.06. The molecular formula is C10H11BrN2. The highest BCUT2D eigenvalue weighted by Gasteiger charge is 2.03. The molecule has 0 saturated carbocycles. The summed E-state index contributed by atoms with van der Waals surface area (Å²) in [6.07, 6.45) is 3.94. The molecule has 13 heavy (non-hydrogen) atoms. The van der Waals surface area contributed by atoms with Crippen molar-refractivity contribution < 1.29 is 0 Å². The molecule has 0 amide bonds. The third-order valence-corrected chi connectivity index (χ3v) is 2.74. The number of aromatic nitrogens is 2. The Hall–Kier alpha value is -0.830. The first kappa shape index (κ1) is 8.75. The Balaban J connectivity index is 2.66.